The van der Waals surface area contributed by atoms with E-state index in [-0.39, 0.29) is 22.2 Å². The zero-order valence-electron chi connectivity index (χ0n) is 25.8. The van der Waals surface area contributed by atoms with Crippen molar-refractivity contribution in [2.24, 2.45) is 4.99 Å². The molecule has 2 aliphatic heterocycles. The van der Waals surface area contributed by atoms with Gasteiger partial charge in [-0.2, -0.15) is 8.42 Å². The molecule has 10 nitrogen and oxygen atoms in total. The number of aromatic nitrogens is 2. The average molecular weight is 678 g/mol. The molecule has 0 saturated carbocycles. The van der Waals surface area contributed by atoms with Crippen LogP contribution in [0.2, 0.25) is 0 Å². The number of hydrogen-bond donors (Lipinski definition) is 0. The summed E-state index contributed by atoms with van der Waals surface area (Å²) in [5.41, 5.74) is 3.01. The van der Waals surface area contributed by atoms with E-state index in [0.29, 0.717) is 34.5 Å². The third-order valence-corrected chi connectivity index (χ3v) is 9.63. The lowest BCUT2D eigenvalue weighted by Gasteiger charge is -2.25. The van der Waals surface area contributed by atoms with Gasteiger partial charge in [-0.05, 0) is 98.3 Å². The number of likely N-dealkylation sites (tertiary alicyclic amines) is 1. The molecule has 4 aromatic carbocycles. The molecule has 0 N–H and O–H groups in total. The number of amides is 1. The summed E-state index contributed by atoms with van der Waals surface area (Å²) in [5, 5.41) is 4.63. The first kappa shape index (κ1) is 31.4. The molecule has 1 amide bonds. The first-order chi connectivity index (χ1) is 23.3. The van der Waals surface area contributed by atoms with Gasteiger partial charge < -0.3 is 8.60 Å². The van der Waals surface area contributed by atoms with Crippen molar-refractivity contribution in [3.05, 3.63) is 131 Å². The van der Waals surface area contributed by atoms with E-state index >= 15 is 0 Å². The van der Waals surface area contributed by atoms with E-state index in [0.717, 1.165) is 24.2 Å². The smallest absolute Gasteiger partial charge is 0.339 e. The number of hydrogen-bond acceptors (Lipinski definition) is 9. The molecule has 1 saturated heterocycles. The highest BCUT2D eigenvalue weighted by Crippen LogP contribution is 2.30. The molecule has 0 unspecified atom stereocenters. The fourth-order valence-electron chi connectivity index (χ4n) is 5.63. The van der Waals surface area contributed by atoms with E-state index in [1.54, 1.807) is 46.0 Å². The largest absolute Gasteiger partial charge is 0.409 e. The van der Waals surface area contributed by atoms with E-state index in [1.165, 1.54) is 43.5 Å². The van der Waals surface area contributed by atoms with E-state index in [2.05, 4.69) is 10.00 Å². The van der Waals surface area contributed by atoms with E-state index in [4.69, 9.17) is 25.8 Å². The first-order valence-corrected chi connectivity index (χ1v) is 17.4. The van der Waals surface area contributed by atoms with Crippen LogP contribution in [-0.2, 0) is 21.6 Å². The summed E-state index contributed by atoms with van der Waals surface area (Å²) < 4.78 is 38.1. The van der Waals surface area contributed by atoms with Crippen molar-refractivity contribution < 1.29 is 21.8 Å². The van der Waals surface area contributed by atoms with Crippen LogP contribution in [0.1, 0.15) is 30.4 Å². The van der Waals surface area contributed by atoms with Crippen molar-refractivity contribution >= 4 is 45.8 Å². The predicted octanol–water partition coefficient (Wildman–Crippen LogP) is 6.92. The molecule has 5 aromatic rings. The Kier molecular flexibility index (Phi) is 8.85. The minimum absolute atomic E-state index is 0.0608. The van der Waals surface area contributed by atoms with E-state index in [9.17, 15) is 13.2 Å². The number of amidine groups is 1. The van der Waals surface area contributed by atoms with Crippen molar-refractivity contribution in [1.82, 2.24) is 14.7 Å². The number of carbonyl (C=O) groups is 1. The van der Waals surface area contributed by atoms with Gasteiger partial charge in [0, 0.05) is 11.1 Å². The molecule has 1 fully saturated rings. The second-order valence-electron chi connectivity index (χ2n) is 11.4. The Labute approximate surface area is 283 Å². The Morgan fingerprint density at radius 3 is 2.17 bits per heavy atom. The lowest BCUT2D eigenvalue weighted by atomic mass is 10.1. The Morgan fingerprint density at radius 2 is 1.48 bits per heavy atom. The average Bonchev–Trinajstić information content (AvgIpc) is 3.65. The van der Waals surface area contributed by atoms with Gasteiger partial charge in [0.05, 0.1) is 12.4 Å². The van der Waals surface area contributed by atoms with Gasteiger partial charge in [0.2, 0.25) is 5.89 Å². The maximum atomic E-state index is 13.9. The Morgan fingerprint density at radius 1 is 0.812 bits per heavy atom. The van der Waals surface area contributed by atoms with Crippen LogP contribution in [0.15, 0.2) is 129 Å². The summed E-state index contributed by atoms with van der Waals surface area (Å²) >= 11 is 5.46. The molecule has 7 rings (SSSR count). The number of benzene rings is 4. The number of carbonyl (C=O) groups excluding carboxylic acids is 1. The molecule has 1 aromatic heterocycles. The summed E-state index contributed by atoms with van der Waals surface area (Å²) in [6.07, 6.45) is 5.25. The Hall–Kier alpha value is -5.17. The minimum Gasteiger partial charge on any atom is -0.409 e. The fourth-order valence-corrected chi connectivity index (χ4v) is 6.76. The van der Waals surface area contributed by atoms with E-state index in [1.807, 2.05) is 54.6 Å². The van der Waals surface area contributed by atoms with Gasteiger partial charge in [0.1, 0.15) is 22.2 Å². The van der Waals surface area contributed by atoms with Crippen LogP contribution in [0, 0.1) is 4.84 Å². The van der Waals surface area contributed by atoms with Gasteiger partial charge in [-0.15, -0.1) is 5.10 Å². The SMILES string of the molecule is O=C1/C(=C/c2ccc(OS(=O)(=O)c3ccccc3)cc2)N=C(c2ccccc2)N1c1ccc(-c2nn(CN3CCCCC3)c(=S)o2)cc1. The van der Waals surface area contributed by atoms with Crippen LogP contribution in [0.25, 0.3) is 17.5 Å². The minimum atomic E-state index is -3.98. The van der Waals surface area contributed by atoms with Gasteiger partial charge in [0.25, 0.3) is 10.7 Å². The number of anilines is 1. The molecule has 0 radical (unpaired) electrons. The molecule has 0 aliphatic carbocycles. The normalized spacial score (nSPS) is 16.3. The maximum absolute atomic E-state index is 13.9. The van der Waals surface area contributed by atoms with Gasteiger partial charge in [-0.3, -0.25) is 14.6 Å². The third kappa shape index (κ3) is 6.77. The van der Waals surface area contributed by atoms with Crippen molar-refractivity contribution in [2.75, 3.05) is 18.0 Å². The molecular formula is C36H31N5O5S2. The van der Waals surface area contributed by atoms with Gasteiger partial charge >= 0.3 is 10.1 Å². The van der Waals surface area contributed by atoms with Crippen molar-refractivity contribution in [1.29, 1.82) is 0 Å². The van der Waals surface area contributed by atoms with Gasteiger partial charge in [0.15, 0.2) is 0 Å². The van der Waals surface area contributed by atoms with Crippen LogP contribution >= 0.6 is 12.2 Å². The third-order valence-electron chi connectivity index (χ3n) is 8.08. The Balaban J connectivity index is 1.13. The second-order valence-corrected chi connectivity index (χ2v) is 13.3. The van der Waals surface area contributed by atoms with Crippen LogP contribution in [0.3, 0.4) is 0 Å². The first-order valence-electron chi connectivity index (χ1n) is 15.5. The molecule has 0 spiro atoms. The number of aliphatic imine (C=N–C) groups is 1. The van der Waals surface area contributed by atoms with E-state index < -0.39 is 10.1 Å². The van der Waals surface area contributed by atoms with Crippen LogP contribution in [0.4, 0.5) is 5.69 Å². The molecule has 0 atom stereocenters. The summed E-state index contributed by atoms with van der Waals surface area (Å²) in [4.78, 5) is 22.9. The number of nitrogens with zero attached hydrogens (tertiary/aromatic N) is 5. The fraction of sp³-hybridized carbons (Fsp3) is 0.167. The summed E-state index contributed by atoms with van der Waals surface area (Å²) in [5.74, 6) is 0.742. The monoisotopic (exact) mass is 677 g/mol. The van der Waals surface area contributed by atoms with Crippen LogP contribution in [-0.4, -0.2) is 47.9 Å². The topological polar surface area (TPSA) is 110 Å². The number of piperidine rings is 1. The standard InChI is InChI=1S/C36H31N5O5S2/c42-35-32(24-26-14-20-30(21-15-26)46-48(43,44)31-12-6-2-7-13-31)37-33(27-10-4-1-5-11-27)41(35)29-18-16-28(17-19-29)34-38-40(36(47)45-34)25-39-22-8-3-9-23-39/h1-2,4-7,10-21,24H,3,8-9,22-23,25H2/b32-24-. The molecule has 0 bridgehead atoms. The van der Waals surface area contributed by atoms with Crippen molar-refractivity contribution in [2.45, 2.75) is 30.8 Å². The highest BCUT2D eigenvalue weighted by molar-refractivity contribution is 7.87. The molecule has 2 aliphatic rings. The van der Waals surface area contributed by atoms with Gasteiger partial charge in [-0.25, -0.2) is 9.67 Å². The van der Waals surface area contributed by atoms with Crippen molar-refractivity contribution in [3.8, 4) is 17.2 Å². The molecule has 242 valence electrons. The lowest BCUT2D eigenvalue weighted by Crippen LogP contribution is -2.32. The molecule has 12 heteroatoms. The molecule has 48 heavy (non-hydrogen) atoms. The molecule has 3 heterocycles. The quantitative estimate of drug-likeness (QED) is 0.0940. The molecular weight excluding hydrogens is 647 g/mol. The maximum Gasteiger partial charge on any atom is 0.339 e. The summed E-state index contributed by atoms with van der Waals surface area (Å²) in [6, 6.07) is 31.2. The zero-order chi connectivity index (χ0) is 33.1. The Bertz CT molecular complexity index is 2150. The van der Waals surface area contributed by atoms with Crippen molar-refractivity contribution in [3.63, 3.8) is 0 Å². The summed E-state index contributed by atoms with van der Waals surface area (Å²) in [7, 11) is -3.98. The number of rotatable bonds is 9. The van der Waals surface area contributed by atoms with Gasteiger partial charge in [-0.1, -0.05) is 67.1 Å². The highest BCUT2D eigenvalue weighted by Gasteiger charge is 2.32. The van der Waals surface area contributed by atoms with Crippen LogP contribution in [0.5, 0.6) is 5.75 Å². The predicted molar refractivity (Wildman–Crippen MR) is 185 cm³/mol. The summed E-state index contributed by atoms with van der Waals surface area (Å²) in [6.45, 7) is 2.63. The second kappa shape index (κ2) is 13.5. The zero-order valence-corrected chi connectivity index (χ0v) is 27.4. The van der Waals surface area contributed by atoms with Crippen LogP contribution < -0.4 is 9.08 Å². The lowest BCUT2D eigenvalue weighted by molar-refractivity contribution is -0.113. The highest BCUT2D eigenvalue weighted by atomic mass is 32.2.